The first-order valence-corrected chi connectivity index (χ1v) is 7.62. The third-order valence-corrected chi connectivity index (χ3v) is 3.59. The molecule has 0 spiro atoms. The van der Waals surface area contributed by atoms with Crippen molar-refractivity contribution < 1.29 is 14.3 Å². The molecule has 1 rings (SSSR count). The van der Waals surface area contributed by atoms with Crippen molar-refractivity contribution in [1.82, 2.24) is 10.6 Å². The number of hydrogen-bond donors (Lipinski definition) is 4. The summed E-state index contributed by atoms with van der Waals surface area (Å²) < 4.78 is 14.6. The molecule has 1 unspecified atom stereocenters. The summed E-state index contributed by atoms with van der Waals surface area (Å²) >= 11 is 1.93. The number of β-amino-alcohol motifs (C(OH)–C–C–N with tert-alkyl or cyclic N) is 1. The number of aliphatic hydroxyl groups excluding tert-OH is 1. The molecule has 0 saturated heterocycles. The molecule has 0 fully saturated rings. The number of urea groups is 1. The fourth-order valence-corrected chi connectivity index (χ4v) is 2.35. The van der Waals surface area contributed by atoms with Crippen LogP contribution in [0.4, 0.5) is 14.9 Å². The van der Waals surface area contributed by atoms with E-state index in [2.05, 4.69) is 16.0 Å². The van der Waals surface area contributed by atoms with Gasteiger partial charge in [0.2, 0.25) is 0 Å². The van der Waals surface area contributed by atoms with Gasteiger partial charge in [-0.1, -0.05) is 0 Å². The molecule has 0 aliphatic heterocycles. The van der Waals surface area contributed by atoms with Crippen LogP contribution in [0.1, 0.15) is 32.4 Å². The summed E-state index contributed by atoms with van der Waals surface area (Å²) in [7, 11) is 1.45. The Labute approximate surface area is 150 Å². The van der Waals surface area contributed by atoms with Crippen molar-refractivity contribution in [3.8, 4) is 0 Å². The lowest BCUT2D eigenvalue weighted by molar-refractivity contribution is 0.163. The second-order valence-electron chi connectivity index (χ2n) is 5.71. The third-order valence-electron chi connectivity index (χ3n) is 2.74. The van der Waals surface area contributed by atoms with E-state index < -0.39 is 18.0 Å². The molecule has 0 heterocycles. The molecule has 1 aromatic carbocycles. The van der Waals surface area contributed by atoms with Crippen LogP contribution >= 0.6 is 35.0 Å². The van der Waals surface area contributed by atoms with Crippen molar-refractivity contribution in [1.29, 1.82) is 0 Å². The van der Waals surface area contributed by atoms with Crippen LogP contribution in [0.15, 0.2) is 12.1 Å². The molecule has 1 aromatic rings. The van der Waals surface area contributed by atoms with Crippen molar-refractivity contribution in [2.45, 2.75) is 32.4 Å². The van der Waals surface area contributed by atoms with Gasteiger partial charge in [0.05, 0.1) is 11.8 Å². The predicted molar refractivity (Wildman–Crippen MR) is 97.2 cm³/mol. The van der Waals surface area contributed by atoms with Gasteiger partial charge in [0, 0.05) is 22.7 Å². The molecule has 0 aliphatic carbocycles. The minimum atomic E-state index is -0.818. The number of aliphatic hydroxyl groups is 1. The SMILES string of the molecule is CNC(=O)Nc1c(F)cc(C(O)CNC(C)(C)C)cc1I.Cl. The van der Waals surface area contributed by atoms with E-state index in [1.807, 2.05) is 43.4 Å². The van der Waals surface area contributed by atoms with Crippen LogP contribution in [0.5, 0.6) is 0 Å². The largest absolute Gasteiger partial charge is 0.387 e. The fraction of sp³-hybridized carbons (Fsp3) is 0.500. The van der Waals surface area contributed by atoms with Crippen molar-refractivity contribution in [2.75, 3.05) is 18.9 Å². The van der Waals surface area contributed by atoms with Crippen LogP contribution in [0, 0.1) is 9.39 Å². The van der Waals surface area contributed by atoms with E-state index in [0.717, 1.165) is 0 Å². The second kappa shape index (κ2) is 8.85. The maximum atomic E-state index is 14.1. The van der Waals surface area contributed by atoms with Crippen LogP contribution in [0.25, 0.3) is 0 Å². The molecule has 126 valence electrons. The predicted octanol–water partition coefficient (Wildman–Crippen LogP) is 3.02. The van der Waals surface area contributed by atoms with E-state index in [1.165, 1.54) is 13.1 Å². The van der Waals surface area contributed by atoms with Crippen LogP contribution in [0.3, 0.4) is 0 Å². The molecule has 0 bridgehead atoms. The second-order valence-corrected chi connectivity index (χ2v) is 6.87. The highest BCUT2D eigenvalue weighted by Gasteiger charge is 2.17. The smallest absolute Gasteiger partial charge is 0.319 e. The minimum absolute atomic E-state index is 0. The Morgan fingerprint density at radius 3 is 2.45 bits per heavy atom. The van der Waals surface area contributed by atoms with Crippen LogP contribution in [-0.4, -0.2) is 30.3 Å². The Morgan fingerprint density at radius 2 is 2.00 bits per heavy atom. The number of nitrogens with one attached hydrogen (secondary N) is 3. The third kappa shape index (κ3) is 6.64. The number of carbonyl (C=O) groups is 1. The summed E-state index contributed by atoms with van der Waals surface area (Å²) in [4.78, 5) is 11.3. The molecular formula is C14H22ClFIN3O2. The Hall–Kier alpha value is -0.640. The zero-order valence-electron chi connectivity index (χ0n) is 13.0. The normalized spacial score (nSPS) is 12.3. The van der Waals surface area contributed by atoms with Crippen LogP contribution in [0.2, 0.25) is 0 Å². The fourth-order valence-electron chi connectivity index (χ4n) is 1.60. The first-order valence-electron chi connectivity index (χ1n) is 6.55. The summed E-state index contributed by atoms with van der Waals surface area (Å²) in [6.07, 6.45) is -0.818. The van der Waals surface area contributed by atoms with Gasteiger partial charge in [-0.15, -0.1) is 12.4 Å². The highest BCUT2D eigenvalue weighted by atomic mass is 127. The topological polar surface area (TPSA) is 73.4 Å². The van der Waals surface area contributed by atoms with Gasteiger partial charge in [-0.3, -0.25) is 0 Å². The summed E-state index contributed by atoms with van der Waals surface area (Å²) in [5.74, 6) is -0.574. The average molecular weight is 446 g/mol. The quantitative estimate of drug-likeness (QED) is 0.538. The van der Waals surface area contributed by atoms with E-state index in [-0.39, 0.29) is 23.6 Å². The molecular weight excluding hydrogens is 424 g/mol. The molecule has 2 amide bonds. The van der Waals surface area contributed by atoms with Crippen molar-refractivity contribution >= 4 is 46.7 Å². The van der Waals surface area contributed by atoms with E-state index >= 15 is 0 Å². The Morgan fingerprint density at radius 1 is 1.41 bits per heavy atom. The van der Waals surface area contributed by atoms with Gasteiger partial charge >= 0.3 is 6.03 Å². The van der Waals surface area contributed by atoms with E-state index in [1.54, 1.807) is 6.07 Å². The molecule has 22 heavy (non-hydrogen) atoms. The first kappa shape index (κ1) is 21.4. The summed E-state index contributed by atoms with van der Waals surface area (Å²) in [5.41, 5.74) is 0.443. The number of anilines is 1. The maximum Gasteiger partial charge on any atom is 0.319 e. The lowest BCUT2D eigenvalue weighted by atomic mass is 10.1. The molecule has 0 radical (unpaired) electrons. The number of amides is 2. The zero-order chi connectivity index (χ0) is 16.2. The molecule has 8 heteroatoms. The Bertz CT molecular complexity index is 500. The summed E-state index contributed by atoms with van der Waals surface area (Å²) in [6.45, 7) is 6.28. The van der Waals surface area contributed by atoms with Gasteiger partial charge in [0.25, 0.3) is 0 Å². The molecule has 0 aromatic heterocycles. The maximum absolute atomic E-state index is 14.1. The Balaban J connectivity index is 0.00000441. The molecule has 4 N–H and O–H groups in total. The van der Waals surface area contributed by atoms with Crippen molar-refractivity contribution in [3.05, 3.63) is 27.1 Å². The first-order chi connectivity index (χ1) is 9.64. The highest BCUT2D eigenvalue weighted by Crippen LogP contribution is 2.27. The van der Waals surface area contributed by atoms with Gasteiger partial charge < -0.3 is 21.1 Å². The average Bonchev–Trinajstić information content (AvgIpc) is 2.38. The molecule has 0 saturated carbocycles. The van der Waals surface area contributed by atoms with Crippen LogP contribution in [-0.2, 0) is 0 Å². The van der Waals surface area contributed by atoms with Crippen molar-refractivity contribution in [2.24, 2.45) is 0 Å². The number of benzene rings is 1. The van der Waals surface area contributed by atoms with Gasteiger partial charge in [-0.2, -0.15) is 0 Å². The number of halogens is 3. The lowest BCUT2D eigenvalue weighted by Crippen LogP contribution is -2.38. The van der Waals surface area contributed by atoms with Crippen LogP contribution < -0.4 is 16.0 Å². The zero-order valence-corrected chi connectivity index (χ0v) is 15.9. The number of rotatable bonds is 4. The standard InChI is InChI=1S/C14H21FIN3O2.ClH/c1-14(2,3)18-7-11(20)8-5-9(15)12(10(16)6-8)19-13(21)17-4;/h5-6,11,18,20H,7H2,1-4H3,(H2,17,19,21);1H. The molecule has 1 atom stereocenters. The monoisotopic (exact) mass is 445 g/mol. The van der Waals surface area contributed by atoms with E-state index in [4.69, 9.17) is 0 Å². The molecule has 5 nitrogen and oxygen atoms in total. The molecule has 0 aliphatic rings. The minimum Gasteiger partial charge on any atom is -0.387 e. The van der Waals surface area contributed by atoms with Crippen molar-refractivity contribution in [3.63, 3.8) is 0 Å². The van der Waals surface area contributed by atoms with Gasteiger partial charge in [0.15, 0.2) is 0 Å². The lowest BCUT2D eigenvalue weighted by Gasteiger charge is -2.23. The number of carbonyl (C=O) groups excluding carboxylic acids is 1. The Kier molecular flexibility index (Phi) is 8.60. The van der Waals surface area contributed by atoms with Gasteiger partial charge in [-0.25, -0.2) is 9.18 Å². The van der Waals surface area contributed by atoms with E-state index in [0.29, 0.717) is 15.7 Å². The summed E-state index contributed by atoms with van der Waals surface area (Å²) in [6, 6.07) is 2.40. The van der Waals surface area contributed by atoms with E-state index in [9.17, 15) is 14.3 Å². The summed E-state index contributed by atoms with van der Waals surface area (Å²) in [5, 5.41) is 18.1. The highest BCUT2D eigenvalue weighted by molar-refractivity contribution is 14.1. The van der Waals surface area contributed by atoms with Gasteiger partial charge in [-0.05, 0) is 61.1 Å². The number of hydrogen-bond acceptors (Lipinski definition) is 3. The van der Waals surface area contributed by atoms with Gasteiger partial charge in [0.1, 0.15) is 5.82 Å².